The Labute approximate surface area is 178 Å². The smallest absolute Gasteiger partial charge is 0.243 e. The standard InChI is InChI=1S/C24H30N4O2/c1-18(2)22(26-20-11-7-4-8-12-20)17-25-23(29)13-14-24(30)28-16-15-21(27-28)19-9-5-3-6-10-19/h3-12,18,22,26H,13-17H2,1-2H3,(H,25,29). The molecule has 2 N–H and O–H groups in total. The van der Waals surface area contributed by atoms with Crippen molar-refractivity contribution in [2.45, 2.75) is 39.2 Å². The molecule has 2 aromatic carbocycles. The lowest BCUT2D eigenvalue weighted by Gasteiger charge is -2.24. The molecule has 1 aliphatic rings. The van der Waals surface area contributed by atoms with Crippen molar-refractivity contribution >= 4 is 23.2 Å². The summed E-state index contributed by atoms with van der Waals surface area (Å²) in [6.07, 6.45) is 1.07. The monoisotopic (exact) mass is 406 g/mol. The van der Waals surface area contributed by atoms with Crippen LogP contribution in [0.25, 0.3) is 0 Å². The number of carbonyl (C=O) groups excluding carboxylic acids is 2. The van der Waals surface area contributed by atoms with E-state index in [2.05, 4.69) is 29.6 Å². The molecule has 0 saturated carbocycles. The quantitative estimate of drug-likeness (QED) is 0.667. The minimum atomic E-state index is -0.115. The van der Waals surface area contributed by atoms with E-state index in [-0.39, 0.29) is 30.7 Å². The number of benzene rings is 2. The van der Waals surface area contributed by atoms with Gasteiger partial charge in [0.2, 0.25) is 11.8 Å². The first kappa shape index (κ1) is 21.6. The Kier molecular flexibility index (Phi) is 7.60. The van der Waals surface area contributed by atoms with Gasteiger partial charge in [-0.05, 0) is 23.6 Å². The average Bonchev–Trinajstić information content (AvgIpc) is 3.26. The van der Waals surface area contributed by atoms with E-state index in [9.17, 15) is 9.59 Å². The molecule has 0 radical (unpaired) electrons. The number of rotatable bonds is 9. The Morgan fingerprint density at radius 1 is 1.00 bits per heavy atom. The SMILES string of the molecule is CC(C)C(CNC(=O)CCC(=O)N1CCC(c2ccccc2)=N1)Nc1ccccc1. The first-order chi connectivity index (χ1) is 14.5. The Morgan fingerprint density at radius 3 is 2.33 bits per heavy atom. The van der Waals surface area contributed by atoms with Gasteiger partial charge >= 0.3 is 0 Å². The van der Waals surface area contributed by atoms with E-state index in [1.807, 2.05) is 60.7 Å². The Bertz CT molecular complexity index is 865. The highest BCUT2D eigenvalue weighted by Gasteiger charge is 2.22. The highest BCUT2D eigenvalue weighted by molar-refractivity contribution is 6.02. The first-order valence-electron chi connectivity index (χ1n) is 10.5. The number of nitrogens with one attached hydrogen (secondary N) is 2. The van der Waals surface area contributed by atoms with Gasteiger partial charge in [0.1, 0.15) is 0 Å². The van der Waals surface area contributed by atoms with Crippen molar-refractivity contribution in [3.05, 3.63) is 66.2 Å². The summed E-state index contributed by atoms with van der Waals surface area (Å²) in [7, 11) is 0. The molecule has 1 aliphatic heterocycles. The second-order valence-electron chi connectivity index (χ2n) is 7.84. The molecule has 0 aliphatic carbocycles. The zero-order valence-electron chi connectivity index (χ0n) is 17.7. The fourth-order valence-electron chi connectivity index (χ4n) is 3.33. The van der Waals surface area contributed by atoms with E-state index in [1.165, 1.54) is 5.01 Å². The summed E-state index contributed by atoms with van der Waals surface area (Å²) in [5.41, 5.74) is 2.98. The average molecular weight is 407 g/mol. The lowest BCUT2D eigenvalue weighted by molar-refractivity contribution is -0.133. The van der Waals surface area contributed by atoms with E-state index >= 15 is 0 Å². The van der Waals surface area contributed by atoms with Gasteiger partial charge in [-0.1, -0.05) is 62.4 Å². The van der Waals surface area contributed by atoms with Crippen LogP contribution in [-0.4, -0.2) is 41.7 Å². The van der Waals surface area contributed by atoms with Crippen molar-refractivity contribution < 1.29 is 9.59 Å². The van der Waals surface area contributed by atoms with Crippen LogP contribution < -0.4 is 10.6 Å². The van der Waals surface area contributed by atoms with Crippen molar-refractivity contribution in [3.63, 3.8) is 0 Å². The van der Waals surface area contributed by atoms with Crippen molar-refractivity contribution in [3.8, 4) is 0 Å². The number of nitrogens with zero attached hydrogens (tertiary/aromatic N) is 2. The van der Waals surface area contributed by atoms with Gasteiger partial charge in [0.15, 0.2) is 0 Å². The number of para-hydroxylation sites is 1. The third-order valence-electron chi connectivity index (χ3n) is 5.21. The molecule has 3 rings (SSSR count). The Hall–Kier alpha value is -3.15. The van der Waals surface area contributed by atoms with E-state index in [0.717, 1.165) is 23.4 Å². The number of anilines is 1. The van der Waals surface area contributed by atoms with Crippen LogP contribution >= 0.6 is 0 Å². The van der Waals surface area contributed by atoms with Gasteiger partial charge in [0.05, 0.1) is 12.3 Å². The Balaban J connectivity index is 1.43. The molecule has 30 heavy (non-hydrogen) atoms. The van der Waals surface area contributed by atoms with E-state index < -0.39 is 0 Å². The maximum Gasteiger partial charge on any atom is 0.243 e. The predicted molar refractivity (Wildman–Crippen MR) is 120 cm³/mol. The molecule has 1 heterocycles. The van der Waals surface area contributed by atoms with Crippen LogP contribution in [0, 0.1) is 5.92 Å². The summed E-state index contributed by atoms with van der Waals surface area (Å²) in [5.74, 6) is 0.122. The molecule has 0 fully saturated rings. The molecule has 158 valence electrons. The van der Waals surface area contributed by atoms with Crippen LogP contribution in [0.4, 0.5) is 5.69 Å². The molecule has 2 aromatic rings. The van der Waals surface area contributed by atoms with Crippen molar-refractivity contribution in [2.24, 2.45) is 11.0 Å². The molecule has 0 aromatic heterocycles. The van der Waals surface area contributed by atoms with Crippen LogP contribution in [0.5, 0.6) is 0 Å². The summed E-state index contributed by atoms with van der Waals surface area (Å²) in [6.45, 7) is 5.32. The van der Waals surface area contributed by atoms with Crippen LogP contribution in [0.1, 0.15) is 38.7 Å². The lowest BCUT2D eigenvalue weighted by Crippen LogP contribution is -2.40. The summed E-state index contributed by atoms with van der Waals surface area (Å²) in [5, 5.41) is 12.3. The van der Waals surface area contributed by atoms with Crippen LogP contribution in [0.2, 0.25) is 0 Å². The van der Waals surface area contributed by atoms with Crippen molar-refractivity contribution in [2.75, 3.05) is 18.4 Å². The van der Waals surface area contributed by atoms with Gasteiger partial charge in [-0.2, -0.15) is 5.10 Å². The second kappa shape index (κ2) is 10.6. The number of amides is 2. The largest absolute Gasteiger partial charge is 0.380 e. The normalized spacial score (nSPS) is 14.4. The van der Waals surface area contributed by atoms with E-state index in [0.29, 0.717) is 19.0 Å². The van der Waals surface area contributed by atoms with Crippen LogP contribution in [-0.2, 0) is 9.59 Å². The zero-order valence-corrected chi connectivity index (χ0v) is 17.7. The summed E-state index contributed by atoms with van der Waals surface area (Å²) in [4.78, 5) is 24.7. The lowest BCUT2D eigenvalue weighted by atomic mass is 10.0. The topological polar surface area (TPSA) is 73.8 Å². The molecule has 6 nitrogen and oxygen atoms in total. The van der Waals surface area contributed by atoms with Gasteiger partial charge in [-0.3, -0.25) is 9.59 Å². The third-order valence-corrected chi connectivity index (χ3v) is 5.21. The van der Waals surface area contributed by atoms with E-state index in [4.69, 9.17) is 0 Å². The molecule has 2 amide bonds. The highest BCUT2D eigenvalue weighted by Crippen LogP contribution is 2.15. The maximum atomic E-state index is 12.4. The van der Waals surface area contributed by atoms with E-state index in [1.54, 1.807) is 0 Å². The van der Waals surface area contributed by atoms with Crippen LogP contribution in [0.15, 0.2) is 65.8 Å². The highest BCUT2D eigenvalue weighted by atomic mass is 16.2. The van der Waals surface area contributed by atoms with Crippen LogP contribution in [0.3, 0.4) is 0 Å². The predicted octanol–water partition coefficient (Wildman–Crippen LogP) is 3.66. The minimum absolute atomic E-state index is 0.112. The number of carbonyl (C=O) groups is 2. The summed E-state index contributed by atoms with van der Waals surface area (Å²) < 4.78 is 0. The van der Waals surface area contributed by atoms with Gasteiger partial charge < -0.3 is 10.6 Å². The fourth-order valence-corrected chi connectivity index (χ4v) is 3.33. The summed E-state index contributed by atoms with van der Waals surface area (Å²) in [6, 6.07) is 19.9. The fraction of sp³-hybridized carbons (Fsp3) is 0.375. The molecule has 0 saturated heterocycles. The first-order valence-corrected chi connectivity index (χ1v) is 10.5. The number of hydrogen-bond donors (Lipinski definition) is 2. The summed E-state index contributed by atoms with van der Waals surface area (Å²) >= 11 is 0. The maximum absolute atomic E-state index is 12.4. The number of hydrazone groups is 1. The third kappa shape index (κ3) is 6.17. The molecule has 0 spiro atoms. The molecule has 1 atom stereocenters. The second-order valence-corrected chi connectivity index (χ2v) is 7.84. The van der Waals surface area contributed by atoms with Crippen molar-refractivity contribution in [1.82, 2.24) is 10.3 Å². The molecular weight excluding hydrogens is 376 g/mol. The molecule has 0 bridgehead atoms. The zero-order chi connectivity index (χ0) is 21.3. The molecule has 6 heteroatoms. The van der Waals surface area contributed by atoms with Gasteiger partial charge in [0, 0.05) is 37.5 Å². The van der Waals surface area contributed by atoms with Gasteiger partial charge in [-0.25, -0.2) is 5.01 Å². The molecular formula is C24H30N4O2. The number of hydrogen-bond acceptors (Lipinski definition) is 4. The van der Waals surface area contributed by atoms with Gasteiger partial charge in [-0.15, -0.1) is 0 Å². The van der Waals surface area contributed by atoms with Crippen molar-refractivity contribution in [1.29, 1.82) is 0 Å². The Morgan fingerprint density at radius 2 is 1.67 bits per heavy atom. The molecule has 1 unspecified atom stereocenters. The van der Waals surface area contributed by atoms with Gasteiger partial charge in [0.25, 0.3) is 0 Å². The minimum Gasteiger partial charge on any atom is -0.380 e.